The Morgan fingerprint density at radius 3 is 2.29 bits per heavy atom. The first-order valence-electron chi connectivity index (χ1n) is 9.99. The van der Waals surface area contributed by atoms with Gasteiger partial charge in [-0.05, 0) is 25.2 Å². The van der Waals surface area contributed by atoms with E-state index in [-0.39, 0.29) is 30.7 Å². The number of benzene rings is 2. The Morgan fingerprint density at radius 1 is 1.00 bits per heavy atom. The smallest absolute Gasteiger partial charge is 0.238 e. The van der Waals surface area contributed by atoms with E-state index >= 15 is 0 Å². The summed E-state index contributed by atoms with van der Waals surface area (Å²) in [7, 11) is 1.71. The molecule has 1 fully saturated rings. The van der Waals surface area contributed by atoms with Crippen molar-refractivity contribution in [1.29, 1.82) is 0 Å². The molecule has 1 aliphatic rings. The summed E-state index contributed by atoms with van der Waals surface area (Å²) in [5.41, 5.74) is 1.02. The molecule has 0 aromatic heterocycles. The van der Waals surface area contributed by atoms with Crippen molar-refractivity contribution in [2.75, 3.05) is 51.6 Å². The second-order valence-corrected chi connectivity index (χ2v) is 8.38. The standard InChI is InChI=1S/C22H25Cl2FN4O2/c1-27(14-20(30)26-22-17(23)6-4-7-18(22)24)15-21(31)29-11-9-28(10-12-29)13-16-5-2-3-8-19(16)25/h2-8H,9-15H2,1H3,(H,26,30). The molecule has 0 bridgehead atoms. The number of hydrogen-bond acceptors (Lipinski definition) is 4. The van der Waals surface area contributed by atoms with Gasteiger partial charge in [-0.15, -0.1) is 0 Å². The van der Waals surface area contributed by atoms with Crippen LogP contribution in [-0.2, 0) is 16.1 Å². The van der Waals surface area contributed by atoms with Crippen LogP contribution in [0.25, 0.3) is 0 Å². The van der Waals surface area contributed by atoms with Crippen molar-refractivity contribution in [3.63, 3.8) is 0 Å². The van der Waals surface area contributed by atoms with Gasteiger partial charge in [0.25, 0.3) is 0 Å². The number of carbonyl (C=O) groups is 2. The lowest BCUT2D eigenvalue weighted by Crippen LogP contribution is -2.51. The molecule has 0 unspecified atom stereocenters. The number of carbonyl (C=O) groups excluding carboxylic acids is 2. The van der Waals surface area contributed by atoms with Crippen LogP contribution in [0.4, 0.5) is 10.1 Å². The third kappa shape index (κ3) is 6.64. The zero-order valence-electron chi connectivity index (χ0n) is 17.3. The summed E-state index contributed by atoms with van der Waals surface area (Å²) in [6.07, 6.45) is 0. The van der Waals surface area contributed by atoms with Crippen LogP contribution < -0.4 is 5.32 Å². The Labute approximate surface area is 191 Å². The van der Waals surface area contributed by atoms with Crippen LogP contribution in [0.5, 0.6) is 0 Å². The number of hydrogen-bond donors (Lipinski definition) is 1. The predicted octanol–water partition coefficient (Wildman–Crippen LogP) is 3.35. The molecule has 0 saturated carbocycles. The van der Waals surface area contributed by atoms with Gasteiger partial charge in [0.2, 0.25) is 11.8 Å². The first kappa shape index (κ1) is 23.5. The molecule has 9 heteroatoms. The number of likely N-dealkylation sites (N-methyl/N-ethyl adjacent to an activating group) is 1. The molecule has 166 valence electrons. The van der Waals surface area contributed by atoms with Crippen molar-refractivity contribution in [2.24, 2.45) is 0 Å². The largest absolute Gasteiger partial charge is 0.339 e. The highest BCUT2D eigenvalue weighted by atomic mass is 35.5. The summed E-state index contributed by atoms with van der Waals surface area (Å²) in [5.74, 6) is -0.560. The van der Waals surface area contributed by atoms with E-state index in [9.17, 15) is 14.0 Å². The fraction of sp³-hybridized carbons (Fsp3) is 0.364. The Bertz CT molecular complexity index is 915. The van der Waals surface area contributed by atoms with Crippen molar-refractivity contribution in [3.05, 3.63) is 63.9 Å². The van der Waals surface area contributed by atoms with Crippen LogP contribution in [-0.4, -0.2) is 72.8 Å². The first-order valence-corrected chi connectivity index (χ1v) is 10.7. The third-order valence-electron chi connectivity index (χ3n) is 5.12. The molecule has 1 aliphatic heterocycles. The summed E-state index contributed by atoms with van der Waals surface area (Å²) in [6.45, 7) is 3.17. The van der Waals surface area contributed by atoms with Crippen molar-refractivity contribution in [1.82, 2.24) is 14.7 Å². The molecule has 2 aromatic carbocycles. The van der Waals surface area contributed by atoms with Gasteiger partial charge in [0.05, 0.1) is 28.8 Å². The van der Waals surface area contributed by atoms with E-state index < -0.39 is 0 Å². The van der Waals surface area contributed by atoms with Gasteiger partial charge in [-0.3, -0.25) is 19.4 Å². The van der Waals surface area contributed by atoms with Crippen molar-refractivity contribution >= 4 is 40.7 Å². The van der Waals surface area contributed by atoms with Crippen LogP contribution in [0.3, 0.4) is 0 Å². The summed E-state index contributed by atoms with van der Waals surface area (Å²) >= 11 is 12.1. The molecule has 0 atom stereocenters. The van der Waals surface area contributed by atoms with Crippen molar-refractivity contribution in [3.8, 4) is 0 Å². The van der Waals surface area contributed by atoms with Crippen LogP contribution in [0.2, 0.25) is 10.0 Å². The molecule has 31 heavy (non-hydrogen) atoms. The van der Waals surface area contributed by atoms with Gasteiger partial charge in [-0.1, -0.05) is 47.5 Å². The molecular formula is C22H25Cl2FN4O2. The Morgan fingerprint density at radius 2 is 1.65 bits per heavy atom. The Kier molecular flexibility index (Phi) is 8.26. The summed E-state index contributed by atoms with van der Waals surface area (Å²) in [4.78, 5) is 30.5. The minimum Gasteiger partial charge on any atom is -0.339 e. The van der Waals surface area contributed by atoms with E-state index in [4.69, 9.17) is 23.2 Å². The molecule has 2 amide bonds. The van der Waals surface area contributed by atoms with Crippen molar-refractivity contribution in [2.45, 2.75) is 6.54 Å². The van der Waals surface area contributed by atoms with E-state index in [0.29, 0.717) is 54.0 Å². The highest BCUT2D eigenvalue weighted by Crippen LogP contribution is 2.29. The molecular weight excluding hydrogens is 442 g/mol. The Hall–Kier alpha value is -2.19. The molecule has 0 spiro atoms. The number of nitrogens with one attached hydrogen (secondary N) is 1. The number of nitrogens with zero attached hydrogens (tertiary/aromatic N) is 3. The normalized spacial score (nSPS) is 14.7. The first-order chi connectivity index (χ1) is 14.8. The lowest BCUT2D eigenvalue weighted by molar-refractivity contribution is -0.134. The van der Waals surface area contributed by atoms with E-state index in [0.717, 1.165) is 0 Å². The van der Waals surface area contributed by atoms with Gasteiger partial charge in [0, 0.05) is 38.3 Å². The zero-order chi connectivity index (χ0) is 22.4. The quantitative estimate of drug-likeness (QED) is 0.679. The second kappa shape index (κ2) is 10.9. The second-order valence-electron chi connectivity index (χ2n) is 7.57. The number of halogens is 3. The molecule has 1 N–H and O–H groups in total. The highest BCUT2D eigenvalue weighted by molar-refractivity contribution is 6.39. The van der Waals surface area contributed by atoms with Gasteiger partial charge in [0.1, 0.15) is 5.82 Å². The van der Waals surface area contributed by atoms with Crippen LogP contribution in [0.1, 0.15) is 5.56 Å². The fourth-order valence-corrected chi connectivity index (χ4v) is 3.94. The minimum absolute atomic E-state index is 0.0283. The Balaban J connectivity index is 1.43. The number of anilines is 1. The molecule has 6 nitrogen and oxygen atoms in total. The number of amides is 2. The van der Waals surface area contributed by atoms with E-state index in [1.54, 1.807) is 47.2 Å². The van der Waals surface area contributed by atoms with Crippen LogP contribution >= 0.6 is 23.2 Å². The molecule has 1 heterocycles. The van der Waals surface area contributed by atoms with Gasteiger partial charge < -0.3 is 10.2 Å². The van der Waals surface area contributed by atoms with Crippen LogP contribution in [0, 0.1) is 5.82 Å². The van der Waals surface area contributed by atoms with Gasteiger partial charge in [-0.25, -0.2) is 4.39 Å². The average Bonchev–Trinajstić information content (AvgIpc) is 2.73. The summed E-state index contributed by atoms with van der Waals surface area (Å²) in [6, 6.07) is 11.7. The van der Waals surface area contributed by atoms with Crippen LogP contribution in [0.15, 0.2) is 42.5 Å². The average molecular weight is 467 g/mol. The summed E-state index contributed by atoms with van der Waals surface area (Å²) < 4.78 is 13.8. The molecule has 1 saturated heterocycles. The van der Waals surface area contributed by atoms with E-state index in [1.165, 1.54) is 6.07 Å². The summed E-state index contributed by atoms with van der Waals surface area (Å²) in [5, 5.41) is 3.40. The number of rotatable bonds is 7. The fourth-order valence-electron chi connectivity index (χ4n) is 3.45. The lowest BCUT2D eigenvalue weighted by Gasteiger charge is -2.35. The molecule has 0 aliphatic carbocycles. The van der Waals surface area contributed by atoms with E-state index in [2.05, 4.69) is 10.2 Å². The lowest BCUT2D eigenvalue weighted by atomic mass is 10.2. The van der Waals surface area contributed by atoms with Gasteiger partial charge in [0.15, 0.2) is 0 Å². The monoisotopic (exact) mass is 466 g/mol. The molecule has 2 aromatic rings. The van der Waals surface area contributed by atoms with Gasteiger partial charge >= 0.3 is 0 Å². The number of piperazine rings is 1. The third-order valence-corrected chi connectivity index (χ3v) is 5.75. The maximum absolute atomic E-state index is 13.8. The zero-order valence-corrected chi connectivity index (χ0v) is 18.8. The molecule has 0 radical (unpaired) electrons. The maximum Gasteiger partial charge on any atom is 0.238 e. The minimum atomic E-state index is -0.306. The maximum atomic E-state index is 13.8. The number of para-hydroxylation sites is 1. The topological polar surface area (TPSA) is 55.9 Å². The molecule has 3 rings (SSSR count). The predicted molar refractivity (Wildman–Crippen MR) is 121 cm³/mol. The highest BCUT2D eigenvalue weighted by Gasteiger charge is 2.23. The van der Waals surface area contributed by atoms with Crippen molar-refractivity contribution < 1.29 is 14.0 Å². The SMILES string of the molecule is CN(CC(=O)Nc1c(Cl)cccc1Cl)CC(=O)N1CCN(Cc2ccccc2F)CC1. The van der Waals surface area contributed by atoms with E-state index in [1.807, 2.05) is 6.07 Å². The van der Waals surface area contributed by atoms with Gasteiger partial charge in [-0.2, -0.15) is 0 Å².